The van der Waals surface area contributed by atoms with Crippen molar-refractivity contribution in [2.75, 3.05) is 0 Å². The zero-order valence-electron chi connectivity index (χ0n) is 32.5. The van der Waals surface area contributed by atoms with Crippen molar-refractivity contribution in [3.8, 4) is 34.2 Å². The Morgan fingerprint density at radius 2 is 1.37 bits per heavy atom. The van der Waals surface area contributed by atoms with Gasteiger partial charge in [0.15, 0.2) is 17.5 Å². The van der Waals surface area contributed by atoms with Gasteiger partial charge in [-0.1, -0.05) is 153 Å². The van der Waals surface area contributed by atoms with E-state index < -0.39 is 0 Å². The molecule has 0 bridgehead atoms. The Kier molecular flexibility index (Phi) is 9.60. The van der Waals surface area contributed by atoms with E-state index in [4.69, 9.17) is 15.0 Å². The first-order valence-corrected chi connectivity index (χ1v) is 22.1. The van der Waals surface area contributed by atoms with Crippen LogP contribution in [-0.4, -0.2) is 25.5 Å². The summed E-state index contributed by atoms with van der Waals surface area (Å²) in [5.74, 6) is 4.30. The third-order valence-corrected chi connectivity index (χ3v) is 15.2. The fourth-order valence-electron chi connectivity index (χ4n) is 9.50. The van der Waals surface area contributed by atoms with E-state index in [9.17, 15) is 0 Å². The maximum atomic E-state index is 5.33. The summed E-state index contributed by atoms with van der Waals surface area (Å²) in [4.78, 5) is 15.7. The second-order valence-corrected chi connectivity index (χ2v) is 18.4. The highest BCUT2D eigenvalue weighted by Crippen LogP contribution is 2.53. The molecule has 0 N–H and O–H groups in total. The van der Waals surface area contributed by atoms with Crippen LogP contribution in [0.4, 0.5) is 0 Å². The SMILES string of the molecule is C/C=C\C1SC2CC=CC(c3cccc(-c4nc(-c5ccccc5)nc(-c5cccc6sc7ccc([C@H]8C=CC(c9ccccc9)=CC8C)cc7c56)n4)c3)C2C1C. The second kappa shape index (κ2) is 15.2. The Morgan fingerprint density at radius 1 is 0.649 bits per heavy atom. The lowest BCUT2D eigenvalue weighted by Gasteiger charge is -2.32. The monoisotopic (exact) mass is 775 g/mol. The van der Waals surface area contributed by atoms with Gasteiger partial charge in [0.1, 0.15) is 0 Å². The quantitative estimate of drug-likeness (QED) is 0.151. The van der Waals surface area contributed by atoms with Crippen molar-refractivity contribution in [1.82, 2.24) is 15.0 Å². The number of allylic oxidation sites excluding steroid dienone is 7. The number of thioether (sulfide) groups is 1. The van der Waals surface area contributed by atoms with Crippen LogP contribution < -0.4 is 0 Å². The predicted molar refractivity (Wildman–Crippen MR) is 244 cm³/mol. The van der Waals surface area contributed by atoms with Gasteiger partial charge in [0.05, 0.1) is 0 Å². The van der Waals surface area contributed by atoms with Crippen molar-refractivity contribution >= 4 is 48.8 Å². The molecule has 280 valence electrons. The molecule has 7 aromatic rings. The van der Waals surface area contributed by atoms with Gasteiger partial charge in [-0.15, -0.1) is 11.3 Å². The fraction of sp³-hybridized carbons (Fsp3) is 0.212. The number of thiophene rings is 1. The third kappa shape index (κ3) is 6.71. The normalized spacial score (nSPS) is 24.3. The van der Waals surface area contributed by atoms with Crippen LogP contribution in [0, 0.1) is 17.8 Å². The van der Waals surface area contributed by atoms with Crippen molar-refractivity contribution in [2.24, 2.45) is 17.8 Å². The third-order valence-electron chi connectivity index (χ3n) is 12.3. The summed E-state index contributed by atoms with van der Waals surface area (Å²) in [6.07, 6.45) is 17.8. The van der Waals surface area contributed by atoms with E-state index in [1.54, 1.807) is 0 Å². The molecule has 2 aromatic heterocycles. The number of hydrogen-bond donors (Lipinski definition) is 0. The summed E-state index contributed by atoms with van der Waals surface area (Å²) in [7, 11) is 0. The van der Waals surface area contributed by atoms with Gasteiger partial charge in [-0.3, -0.25) is 0 Å². The van der Waals surface area contributed by atoms with Crippen molar-refractivity contribution in [3.05, 3.63) is 181 Å². The molecule has 7 atom stereocenters. The van der Waals surface area contributed by atoms with Gasteiger partial charge < -0.3 is 0 Å². The number of hydrogen-bond acceptors (Lipinski definition) is 5. The summed E-state index contributed by atoms with van der Waals surface area (Å²) in [5, 5.41) is 3.66. The van der Waals surface area contributed by atoms with E-state index in [0.717, 1.165) is 23.1 Å². The average Bonchev–Trinajstić information content (AvgIpc) is 3.80. The zero-order valence-corrected chi connectivity index (χ0v) is 34.1. The summed E-state index contributed by atoms with van der Waals surface area (Å²) in [6, 6.07) is 43.7. The highest BCUT2D eigenvalue weighted by atomic mass is 32.2. The molecule has 1 fully saturated rings. The van der Waals surface area contributed by atoms with Crippen LogP contribution >= 0.6 is 23.1 Å². The average molecular weight is 776 g/mol. The Bertz CT molecular complexity index is 2730. The molecule has 5 heteroatoms. The van der Waals surface area contributed by atoms with Gasteiger partial charge in [0, 0.05) is 59.2 Å². The minimum Gasteiger partial charge on any atom is -0.208 e. The molecule has 3 aliphatic rings. The van der Waals surface area contributed by atoms with E-state index in [1.165, 1.54) is 42.4 Å². The van der Waals surface area contributed by atoms with E-state index in [-0.39, 0.29) is 0 Å². The van der Waals surface area contributed by atoms with Crippen molar-refractivity contribution in [3.63, 3.8) is 0 Å². The lowest BCUT2D eigenvalue weighted by atomic mass is 9.72. The molecular formula is C52H45N3S2. The molecule has 10 rings (SSSR count). The number of benzene rings is 5. The van der Waals surface area contributed by atoms with Crippen molar-refractivity contribution < 1.29 is 0 Å². The van der Waals surface area contributed by atoms with E-state index in [2.05, 4.69) is 190 Å². The molecule has 5 aromatic carbocycles. The van der Waals surface area contributed by atoms with E-state index >= 15 is 0 Å². The number of fused-ring (bicyclic) bond motifs is 4. The maximum Gasteiger partial charge on any atom is 0.164 e. The van der Waals surface area contributed by atoms with Crippen LogP contribution in [-0.2, 0) is 0 Å². The topological polar surface area (TPSA) is 38.7 Å². The number of nitrogens with zero attached hydrogens (tertiary/aromatic N) is 3. The molecule has 57 heavy (non-hydrogen) atoms. The van der Waals surface area contributed by atoms with Gasteiger partial charge in [-0.05, 0) is 77.6 Å². The highest BCUT2D eigenvalue weighted by molar-refractivity contribution is 8.01. The van der Waals surface area contributed by atoms with Crippen LogP contribution in [0.5, 0.6) is 0 Å². The molecule has 0 spiro atoms. The van der Waals surface area contributed by atoms with Crippen molar-refractivity contribution in [1.29, 1.82) is 0 Å². The molecular weight excluding hydrogens is 731 g/mol. The highest BCUT2D eigenvalue weighted by Gasteiger charge is 2.44. The lowest BCUT2D eigenvalue weighted by Crippen LogP contribution is -2.27. The Balaban J connectivity index is 1.07. The Morgan fingerprint density at radius 3 is 2.16 bits per heavy atom. The second-order valence-electron chi connectivity index (χ2n) is 15.9. The molecule has 6 unspecified atom stereocenters. The smallest absolute Gasteiger partial charge is 0.164 e. The van der Waals surface area contributed by atoms with Crippen LogP contribution in [0.3, 0.4) is 0 Å². The van der Waals surface area contributed by atoms with Crippen LogP contribution in [0.15, 0.2) is 164 Å². The summed E-state index contributed by atoms with van der Waals surface area (Å²) >= 11 is 4.00. The number of rotatable bonds is 7. The molecule has 0 saturated carbocycles. The maximum absolute atomic E-state index is 5.33. The van der Waals surface area contributed by atoms with Gasteiger partial charge in [-0.25, -0.2) is 15.0 Å². The fourth-order valence-corrected chi connectivity index (χ4v) is 12.5. The standard InChI is InChI=1S/C52H45N3S2/c1-4-14-44-33(3)48-41(21-12-23-46(48)56-44)37-19-11-20-39(30-37)51-53-50(35-17-9-6-10-18-35)54-52(55-51)42-22-13-24-47-49(42)43-31-38(26-28-45(43)57-47)40-27-25-36(29-32(40)2)34-15-7-5-8-16-34/h4-22,24-33,40-41,44,46,48H,23H2,1-3H3/b14-4-/t32?,33?,40-,41?,44?,46?,48?/m0/s1. The van der Waals surface area contributed by atoms with Gasteiger partial charge >= 0.3 is 0 Å². The van der Waals surface area contributed by atoms with Crippen LogP contribution in [0.2, 0.25) is 0 Å². The lowest BCUT2D eigenvalue weighted by molar-refractivity contribution is 0.339. The first-order chi connectivity index (χ1) is 28.0. The molecule has 1 saturated heterocycles. The molecule has 0 amide bonds. The van der Waals surface area contributed by atoms with Crippen LogP contribution in [0.25, 0.3) is 59.9 Å². The Labute approximate surface area is 344 Å². The first-order valence-electron chi connectivity index (χ1n) is 20.3. The minimum atomic E-state index is 0.291. The molecule has 2 aliphatic carbocycles. The first kappa shape index (κ1) is 36.0. The largest absolute Gasteiger partial charge is 0.208 e. The van der Waals surface area contributed by atoms with E-state index in [0.29, 0.717) is 57.6 Å². The van der Waals surface area contributed by atoms with Gasteiger partial charge in [0.2, 0.25) is 0 Å². The Hall–Kier alpha value is -5.36. The van der Waals surface area contributed by atoms with E-state index in [1.807, 2.05) is 17.4 Å². The zero-order chi connectivity index (χ0) is 38.5. The molecule has 1 aliphatic heterocycles. The number of aromatic nitrogens is 3. The summed E-state index contributed by atoms with van der Waals surface area (Å²) < 4.78 is 2.51. The minimum absolute atomic E-state index is 0.291. The molecule has 0 radical (unpaired) electrons. The summed E-state index contributed by atoms with van der Waals surface area (Å²) in [5.41, 5.74) is 8.27. The van der Waals surface area contributed by atoms with Gasteiger partial charge in [0.25, 0.3) is 0 Å². The molecule has 3 heterocycles. The molecule has 3 nitrogen and oxygen atoms in total. The van der Waals surface area contributed by atoms with Crippen molar-refractivity contribution in [2.45, 2.75) is 49.5 Å². The van der Waals surface area contributed by atoms with Crippen LogP contribution in [0.1, 0.15) is 55.7 Å². The predicted octanol–water partition coefficient (Wildman–Crippen LogP) is 14.0. The van der Waals surface area contributed by atoms with Gasteiger partial charge in [-0.2, -0.15) is 11.8 Å². The summed E-state index contributed by atoms with van der Waals surface area (Å²) in [6.45, 7) is 6.93.